The molecule has 0 spiro atoms. The monoisotopic (exact) mass is 534 g/mol. The molecule has 0 aliphatic heterocycles. The quantitative estimate of drug-likeness (QED) is 0.210. The normalized spacial score (nSPS) is 9.80. The molecule has 0 aromatic heterocycles. The highest BCUT2D eigenvalue weighted by molar-refractivity contribution is 5.77. The fraction of sp³-hybridized carbons (Fsp3) is 0.0769. The molecule has 0 amide bonds. The van der Waals surface area contributed by atoms with E-state index in [1.54, 1.807) is 0 Å². The van der Waals surface area contributed by atoms with Gasteiger partial charge in [-0.1, -0.05) is 129 Å². The lowest BCUT2D eigenvalue weighted by molar-refractivity contribution is 1.09. The molecule has 0 N–H and O–H groups in total. The van der Waals surface area contributed by atoms with Gasteiger partial charge in [0.1, 0.15) is 0 Å². The highest BCUT2D eigenvalue weighted by Crippen LogP contribution is 2.34. The van der Waals surface area contributed by atoms with Crippen molar-refractivity contribution in [2.75, 3.05) is 9.80 Å². The average molecular weight is 535 g/mol. The number of anilines is 6. The summed E-state index contributed by atoms with van der Waals surface area (Å²) in [6.45, 7) is 4.25. The molecule has 0 bridgehead atoms. The molecule has 0 aliphatic carbocycles. The maximum absolute atomic E-state index is 2.25. The number of hydrogen-bond acceptors (Lipinski definition) is 2. The predicted molar refractivity (Wildman–Crippen MR) is 178 cm³/mol. The van der Waals surface area contributed by atoms with Crippen LogP contribution < -0.4 is 9.80 Å². The predicted octanol–water partition coefficient (Wildman–Crippen LogP) is 11.7. The Labute approximate surface area is 245 Å². The second kappa shape index (κ2) is 16.1. The standard InChI is InChI=1S/2C18H15N.C3H8/c2*1-4-10-16(11-5-1)19(17-12-6-2-7-13-17)18-14-8-3-9-15-18;1-3-2/h2*1-15H;3H2,1-2H3. The molecule has 0 unspecified atom stereocenters. The molecule has 204 valence electrons. The molecule has 6 aromatic carbocycles. The number of benzene rings is 6. The van der Waals surface area contributed by atoms with Crippen LogP contribution in [-0.2, 0) is 0 Å². The van der Waals surface area contributed by atoms with Crippen LogP contribution in [0.1, 0.15) is 20.3 Å². The third-order valence-electron chi connectivity index (χ3n) is 6.09. The Morgan fingerprint density at radius 1 is 0.268 bits per heavy atom. The molecule has 6 rings (SSSR count). The molecule has 0 saturated carbocycles. The van der Waals surface area contributed by atoms with Crippen molar-refractivity contribution >= 4 is 34.1 Å². The largest absolute Gasteiger partial charge is 0.311 e. The van der Waals surface area contributed by atoms with Crippen molar-refractivity contribution < 1.29 is 0 Å². The zero-order valence-electron chi connectivity index (χ0n) is 23.9. The average Bonchev–Trinajstić information content (AvgIpc) is 3.05. The van der Waals surface area contributed by atoms with Crippen molar-refractivity contribution in [3.05, 3.63) is 182 Å². The molecule has 0 saturated heterocycles. The van der Waals surface area contributed by atoms with Crippen LogP contribution in [0, 0.1) is 0 Å². The van der Waals surface area contributed by atoms with Gasteiger partial charge in [-0.2, -0.15) is 0 Å². The van der Waals surface area contributed by atoms with Crippen LogP contribution in [0.25, 0.3) is 0 Å². The molecule has 0 aliphatic rings. The van der Waals surface area contributed by atoms with E-state index in [-0.39, 0.29) is 0 Å². The van der Waals surface area contributed by atoms with Crippen LogP contribution in [-0.4, -0.2) is 0 Å². The van der Waals surface area contributed by atoms with E-state index in [2.05, 4.69) is 169 Å². The fourth-order valence-corrected chi connectivity index (χ4v) is 4.36. The van der Waals surface area contributed by atoms with Gasteiger partial charge in [-0.15, -0.1) is 0 Å². The number of hydrogen-bond donors (Lipinski definition) is 0. The maximum atomic E-state index is 2.25. The van der Waals surface area contributed by atoms with E-state index in [1.165, 1.54) is 40.5 Å². The smallest absolute Gasteiger partial charge is 0.0461 e. The third kappa shape index (κ3) is 8.45. The summed E-state index contributed by atoms with van der Waals surface area (Å²) < 4.78 is 0. The van der Waals surface area contributed by atoms with Gasteiger partial charge in [0.2, 0.25) is 0 Å². The van der Waals surface area contributed by atoms with Gasteiger partial charge in [0.05, 0.1) is 0 Å². The van der Waals surface area contributed by atoms with Gasteiger partial charge in [0, 0.05) is 34.1 Å². The summed E-state index contributed by atoms with van der Waals surface area (Å²) in [6.07, 6.45) is 1.25. The summed E-state index contributed by atoms with van der Waals surface area (Å²) in [4.78, 5) is 4.50. The van der Waals surface area contributed by atoms with Gasteiger partial charge in [-0.25, -0.2) is 0 Å². The molecular weight excluding hydrogens is 496 g/mol. The van der Waals surface area contributed by atoms with E-state index >= 15 is 0 Å². The summed E-state index contributed by atoms with van der Waals surface area (Å²) >= 11 is 0. The van der Waals surface area contributed by atoms with E-state index < -0.39 is 0 Å². The first kappa shape index (κ1) is 28.9. The zero-order chi connectivity index (χ0) is 28.5. The molecule has 0 fully saturated rings. The second-order valence-corrected chi connectivity index (χ2v) is 9.39. The summed E-state index contributed by atoms with van der Waals surface area (Å²) in [5, 5.41) is 0. The van der Waals surface area contributed by atoms with Gasteiger partial charge in [0.15, 0.2) is 0 Å². The van der Waals surface area contributed by atoms with Crippen molar-refractivity contribution in [2.24, 2.45) is 0 Å². The fourth-order valence-electron chi connectivity index (χ4n) is 4.36. The SMILES string of the molecule is CCC.c1ccc(N(c2ccccc2)c2ccccc2)cc1.c1ccc(N(c2ccccc2)c2ccccc2)cc1. The third-order valence-corrected chi connectivity index (χ3v) is 6.09. The molecule has 0 heterocycles. The van der Waals surface area contributed by atoms with Crippen molar-refractivity contribution in [1.29, 1.82) is 0 Å². The number of rotatable bonds is 6. The Bertz CT molecular complexity index is 1180. The van der Waals surface area contributed by atoms with Gasteiger partial charge in [-0.05, 0) is 72.8 Å². The van der Waals surface area contributed by atoms with Crippen LogP contribution >= 0.6 is 0 Å². The second-order valence-electron chi connectivity index (χ2n) is 9.39. The minimum Gasteiger partial charge on any atom is -0.311 e. The summed E-state index contributed by atoms with van der Waals surface area (Å²) in [7, 11) is 0. The lowest BCUT2D eigenvalue weighted by Gasteiger charge is -2.25. The first-order chi connectivity index (χ1) is 20.3. The Kier molecular flexibility index (Phi) is 11.4. The van der Waals surface area contributed by atoms with E-state index in [1.807, 2.05) is 36.4 Å². The lowest BCUT2D eigenvalue weighted by Crippen LogP contribution is -2.09. The number of para-hydroxylation sites is 6. The van der Waals surface area contributed by atoms with Gasteiger partial charge in [0.25, 0.3) is 0 Å². The van der Waals surface area contributed by atoms with Crippen LogP contribution in [0.4, 0.5) is 34.1 Å². The minimum absolute atomic E-state index is 1.17. The lowest BCUT2D eigenvalue weighted by atomic mass is 10.2. The van der Waals surface area contributed by atoms with Crippen molar-refractivity contribution in [1.82, 2.24) is 0 Å². The van der Waals surface area contributed by atoms with Crippen LogP contribution in [0.5, 0.6) is 0 Å². The van der Waals surface area contributed by atoms with Crippen molar-refractivity contribution in [3.63, 3.8) is 0 Å². The van der Waals surface area contributed by atoms with Crippen LogP contribution in [0.3, 0.4) is 0 Å². The Morgan fingerprint density at radius 2 is 0.390 bits per heavy atom. The van der Waals surface area contributed by atoms with E-state index in [4.69, 9.17) is 0 Å². The molecule has 0 atom stereocenters. The van der Waals surface area contributed by atoms with Crippen molar-refractivity contribution in [3.8, 4) is 0 Å². The minimum atomic E-state index is 1.17. The van der Waals surface area contributed by atoms with E-state index in [0.717, 1.165) is 0 Å². The highest BCUT2D eigenvalue weighted by Gasteiger charge is 2.11. The molecular formula is C39H38N2. The van der Waals surface area contributed by atoms with E-state index in [9.17, 15) is 0 Å². The summed E-state index contributed by atoms with van der Waals surface area (Å²) in [6, 6.07) is 62.5. The van der Waals surface area contributed by atoms with Gasteiger partial charge < -0.3 is 9.80 Å². The Morgan fingerprint density at radius 3 is 0.512 bits per heavy atom. The topological polar surface area (TPSA) is 6.48 Å². The van der Waals surface area contributed by atoms with E-state index in [0.29, 0.717) is 0 Å². The molecule has 0 radical (unpaired) electrons. The summed E-state index contributed by atoms with van der Waals surface area (Å²) in [5.74, 6) is 0. The molecule has 2 heteroatoms. The summed E-state index contributed by atoms with van der Waals surface area (Å²) in [5.41, 5.74) is 7.00. The molecule has 6 aromatic rings. The first-order valence-electron chi connectivity index (χ1n) is 14.2. The van der Waals surface area contributed by atoms with Crippen LogP contribution in [0.2, 0.25) is 0 Å². The van der Waals surface area contributed by atoms with Crippen molar-refractivity contribution in [2.45, 2.75) is 20.3 Å². The Hall–Kier alpha value is -5.08. The van der Waals surface area contributed by atoms with Crippen LogP contribution in [0.15, 0.2) is 182 Å². The zero-order valence-corrected chi connectivity index (χ0v) is 23.9. The molecule has 2 nitrogen and oxygen atoms in total. The van der Waals surface area contributed by atoms with Gasteiger partial charge >= 0.3 is 0 Å². The number of nitrogens with zero attached hydrogens (tertiary/aromatic N) is 2. The highest BCUT2D eigenvalue weighted by atomic mass is 15.1. The maximum Gasteiger partial charge on any atom is 0.0461 e. The molecule has 41 heavy (non-hydrogen) atoms. The van der Waals surface area contributed by atoms with Gasteiger partial charge in [-0.3, -0.25) is 0 Å². The Balaban J connectivity index is 0.000000173. The first-order valence-corrected chi connectivity index (χ1v) is 14.2.